The van der Waals surface area contributed by atoms with E-state index in [9.17, 15) is 9.90 Å². The van der Waals surface area contributed by atoms with E-state index in [2.05, 4.69) is 17.4 Å². The highest BCUT2D eigenvalue weighted by Crippen LogP contribution is 2.30. The summed E-state index contributed by atoms with van der Waals surface area (Å²) < 4.78 is 0. The zero-order chi connectivity index (χ0) is 13.6. The van der Waals surface area contributed by atoms with Crippen LogP contribution in [0, 0.1) is 0 Å². The molecular formula is C15H21NO2S. The number of benzene rings is 1. The molecule has 1 fully saturated rings. The van der Waals surface area contributed by atoms with Crippen LogP contribution < -0.4 is 5.32 Å². The van der Waals surface area contributed by atoms with Crippen LogP contribution in [-0.2, 0) is 11.2 Å². The molecule has 0 atom stereocenters. The molecule has 1 aromatic carbocycles. The van der Waals surface area contributed by atoms with Crippen LogP contribution in [-0.4, -0.2) is 34.7 Å². The predicted molar refractivity (Wildman–Crippen MR) is 79.3 cm³/mol. The lowest BCUT2D eigenvalue weighted by Gasteiger charge is -2.36. The van der Waals surface area contributed by atoms with Gasteiger partial charge in [-0.05, 0) is 37.0 Å². The van der Waals surface area contributed by atoms with E-state index in [1.165, 1.54) is 5.56 Å². The number of amides is 1. The Hall–Kier alpha value is -1.00. The lowest BCUT2D eigenvalue weighted by molar-refractivity contribution is -0.121. The fraction of sp³-hybridized carbons (Fsp3) is 0.533. The Kier molecular flexibility index (Phi) is 5.28. The third kappa shape index (κ3) is 4.88. The molecule has 4 heteroatoms. The summed E-state index contributed by atoms with van der Waals surface area (Å²) in [7, 11) is 0. The largest absolute Gasteiger partial charge is 0.388 e. The third-order valence-corrected chi connectivity index (χ3v) is 4.47. The molecule has 1 aliphatic rings. The van der Waals surface area contributed by atoms with Gasteiger partial charge in [-0.3, -0.25) is 4.79 Å². The maximum absolute atomic E-state index is 11.6. The van der Waals surface area contributed by atoms with Gasteiger partial charge in [0.1, 0.15) is 0 Å². The first-order valence-corrected chi connectivity index (χ1v) is 7.94. The Morgan fingerprint density at radius 2 is 2.05 bits per heavy atom. The summed E-state index contributed by atoms with van der Waals surface area (Å²) in [4.78, 5) is 11.6. The van der Waals surface area contributed by atoms with Crippen LogP contribution in [0.1, 0.15) is 24.8 Å². The highest BCUT2D eigenvalue weighted by Gasteiger charge is 2.34. The molecule has 1 aliphatic carbocycles. The summed E-state index contributed by atoms with van der Waals surface area (Å²) in [6.45, 7) is 0.408. The predicted octanol–water partition coefficient (Wildman–Crippen LogP) is 1.99. The molecule has 104 valence electrons. The van der Waals surface area contributed by atoms with Crippen molar-refractivity contribution >= 4 is 17.7 Å². The highest BCUT2D eigenvalue weighted by atomic mass is 32.2. The lowest BCUT2D eigenvalue weighted by Crippen LogP contribution is -2.48. The molecule has 19 heavy (non-hydrogen) atoms. The molecule has 0 bridgehead atoms. The van der Waals surface area contributed by atoms with Gasteiger partial charge in [0.15, 0.2) is 0 Å². The number of hydrogen-bond acceptors (Lipinski definition) is 3. The molecule has 0 unspecified atom stereocenters. The maximum Gasteiger partial charge on any atom is 0.230 e. The molecule has 0 radical (unpaired) electrons. The van der Waals surface area contributed by atoms with Crippen LogP contribution in [0.15, 0.2) is 30.3 Å². The van der Waals surface area contributed by atoms with Crippen molar-refractivity contribution in [1.29, 1.82) is 0 Å². The number of carbonyl (C=O) groups is 1. The van der Waals surface area contributed by atoms with Crippen LogP contribution in [0.5, 0.6) is 0 Å². The minimum Gasteiger partial charge on any atom is -0.388 e. The van der Waals surface area contributed by atoms with Crippen LogP contribution in [0.25, 0.3) is 0 Å². The van der Waals surface area contributed by atoms with Crippen LogP contribution in [0.3, 0.4) is 0 Å². The van der Waals surface area contributed by atoms with Crippen molar-refractivity contribution in [3.05, 3.63) is 35.9 Å². The van der Waals surface area contributed by atoms with Gasteiger partial charge in [0.2, 0.25) is 5.91 Å². The topological polar surface area (TPSA) is 49.3 Å². The quantitative estimate of drug-likeness (QED) is 0.751. The van der Waals surface area contributed by atoms with Gasteiger partial charge in [-0.25, -0.2) is 0 Å². The van der Waals surface area contributed by atoms with Gasteiger partial charge in [-0.2, -0.15) is 11.8 Å². The van der Waals surface area contributed by atoms with Gasteiger partial charge < -0.3 is 10.4 Å². The number of thioether (sulfide) groups is 1. The maximum atomic E-state index is 11.6. The van der Waals surface area contributed by atoms with E-state index in [1.807, 2.05) is 18.2 Å². The average molecular weight is 279 g/mol. The molecule has 1 saturated carbocycles. The minimum absolute atomic E-state index is 0.0263. The molecule has 2 rings (SSSR count). The monoisotopic (exact) mass is 279 g/mol. The van der Waals surface area contributed by atoms with Crippen molar-refractivity contribution in [2.75, 3.05) is 18.1 Å². The van der Waals surface area contributed by atoms with Crippen molar-refractivity contribution in [1.82, 2.24) is 5.32 Å². The number of carbonyl (C=O) groups excluding carboxylic acids is 1. The van der Waals surface area contributed by atoms with Crippen LogP contribution >= 0.6 is 11.8 Å². The Labute approximate surface area is 118 Å². The zero-order valence-electron chi connectivity index (χ0n) is 11.1. The Balaban J connectivity index is 1.54. The minimum atomic E-state index is -0.621. The van der Waals surface area contributed by atoms with Crippen LogP contribution in [0.2, 0.25) is 0 Å². The molecule has 2 N–H and O–H groups in total. The summed E-state index contributed by atoms with van der Waals surface area (Å²) in [5.41, 5.74) is 0.684. The SMILES string of the molecule is O=C(CSCCc1ccccc1)NCC1(O)CCC1. The second-order valence-electron chi connectivity index (χ2n) is 5.14. The molecular weight excluding hydrogens is 258 g/mol. The Morgan fingerprint density at radius 1 is 1.32 bits per heavy atom. The van der Waals surface area contributed by atoms with Crippen molar-refractivity contribution in [3.8, 4) is 0 Å². The van der Waals surface area contributed by atoms with Gasteiger partial charge in [-0.1, -0.05) is 30.3 Å². The number of aryl methyl sites for hydroxylation is 1. The molecule has 0 spiro atoms. The number of aliphatic hydroxyl groups is 1. The highest BCUT2D eigenvalue weighted by molar-refractivity contribution is 7.99. The normalized spacial score (nSPS) is 16.7. The first kappa shape index (κ1) is 14.4. The molecule has 1 amide bonds. The summed E-state index contributed by atoms with van der Waals surface area (Å²) in [6, 6.07) is 10.3. The smallest absolute Gasteiger partial charge is 0.230 e. The Bertz CT molecular complexity index is 404. The van der Waals surface area contributed by atoms with E-state index in [4.69, 9.17) is 0 Å². The van der Waals surface area contributed by atoms with Gasteiger partial charge >= 0.3 is 0 Å². The van der Waals surface area contributed by atoms with Crippen molar-refractivity contribution in [2.45, 2.75) is 31.3 Å². The number of hydrogen-bond donors (Lipinski definition) is 2. The summed E-state index contributed by atoms with van der Waals surface area (Å²) in [6.07, 6.45) is 3.68. The van der Waals surface area contributed by atoms with Gasteiger partial charge in [0.25, 0.3) is 0 Å². The Morgan fingerprint density at radius 3 is 2.68 bits per heavy atom. The van der Waals surface area contributed by atoms with Crippen molar-refractivity contribution < 1.29 is 9.90 Å². The molecule has 1 aromatic rings. The molecule has 0 aromatic heterocycles. The first-order valence-electron chi connectivity index (χ1n) is 6.79. The van der Waals surface area contributed by atoms with Gasteiger partial charge in [-0.15, -0.1) is 0 Å². The van der Waals surface area contributed by atoms with E-state index >= 15 is 0 Å². The second-order valence-corrected chi connectivity index (χ2v) is 6.25. The summed E-state index contributed by atoms with van der Waals surface area (Å²) in [5, 5.41) is 12.7. The zero-order valence-corrected chi connectivity index (χ0v) is 11.9. The van der Waals surface area contributed by atoms with Crippen molar-refractivity contribution in [3.63, 3.8) is 0 Å². The first-order chi connectivity index (χ1) is 9.18. The van der Waals surface area contributed by atoms with Crippen molar-refractivity contribution in [2.24, 2.45) is 0 Å². The van der Waals surface area contributed by atoms with E-state index in [1.54, 1.807) is 11.8 Å². The third-order valence-electron chi connectivity index (χ3n) is 3.51. The molecule has 0 saturated heterocycles. The van der Waals surface area contributed by atoms with E-state index in [-0.39, 0.29) is 5.91 Å². The fourth-order valence-corrected chi connectivity index (χ4v) is 2.89. The fourth-order valence-electron chi connectivity index (χ4n) is 2.08. The molecule has 0 aliphatic heterocycles. The van der Waals surface area contributed by atoms with E-state index in [0.717, 1.165) is 31.4 Å². The van der Waals surface area contributed by atoms with Gasteiger partial charge in [0.05, 0.1) is 11.4 Å². The standard InChI is InChI=1S/C15H21NO2S/c17-14(16-12-15(18)8-4-9-15)11-19-10-7-13-5-2-1-3-6-13/h1-3,5-6,18H,4,7-12H2,(H,16,17). The molecule has 0 heterocycles. The van der Waals surface area contributed by atoms with Crippen LogP contribution in [0.4, 0.5) is 0 Å². The molecule has 3 nitrogen and oxygen atoms in total. The van der Waals surface area contributed by atoms with E-state index in [0.29, 0.717) is 12.3 Å². The summed E-state index contributed by atoms with van der Waals surface area (Å²) in [5.74, 6) is 1.45. The average Bonchev–Trinajstić information content (AvgIpc) is 2.40. The second kappa shape index (κ2) is 6.96. The van der Waals surface area contributed by atoms with Gasteiger partial charge in [0, 0.05) is 6.54 Å². The summed E-state index contributed by atoms with van der Waals surface area (Å²) >= 11 is 1.64. The number of nitrogens with one attached hydrogen (secondary N) is 1. The van der Waals surface area contributed by atoms with E-state index < -0.39 is 5.60 Å². The lowest BCUT2D eigenvalue weighted by atomic mass is 9.80. The number of rotatable bonds is 7.